The molecular formula is C22H38N2OSSn. The molecule has 0 unspecified atom stereocenters. The van der Waals surface area contributed by atoms with Gasteiger partial charge in [-0.25, -0.2) is 0 Å². The van der Waals surface area contributed by atoms with Crippen molar-refractivity contribution >= 4 is 43.2 Å². The van der Waals surface area contributed by atoms with Crippen molar-refractivity contribution in [2.75, 3.05) is 0 Å². The Hall–Kier alpha value is -0.361. The topological polar surface area (TPSA) is 34.4 Å². The van der Waals surface area contributed by atoms with Crippen LogP contribution in [0.2, 0.25) is 13.3 Å². The van der Waals surface area contributed by atoms with E-state index in [2.05, 4.69) is 36.4 Å². The molecule has 2 rings (SSSR count). The molecule has 152 valence electrons. The van der Waals surface area contributed by atoms with Crippen molar-refractivity contribution in [3.05, 3.63) is 18.2 Å². The van der Waals surface area contributed by atoms with Crippen LogP contribution in [0.25, 0.3) is 4.83 Å². The second-order valence-electron chi connectivity index (χ2n) is 9.07. The van der Waals surface area contributed by atoms with Crippen LogP contribution < -0.4 is 2.89 Å². The molecule has 2 aromatic rings. The molecule has 0 fully saturated rings. The summed E-state index contributed by atoms with van der Waals surface area (Å²) in [6.45, 7) is 12.9. The van der Waals surface area contributed by atoms with E-state index < -0.39 is 18.4 Å². The van der Waals surface area contributed by atoms with Gasteiger partial charge in [0.05, 0.1) is 0 Å². The first-order valence-corrected chi connectivity index (χ1v) is 19.1. The van der Waals surface area contributed by atoms with Crippen LogP contribution in [0.1, 0.15) is 90.6 Å². The van der Waals surface area contributed by atoms with Gasteiger partial charge in [0.25, 0.3) is 0 Å². The molecule has 0 spiro atoms. The van der Waals surface area contributed by atoms with Gasteiger partial charge in [-0.2, -0.15) is 0 Å². The second-order valence-corrected chi connectivity index (χ2v) is 24.3. The SMILES string of the molecule is CCC[CH2][Sn]([CH2]CCC)([CH2]CCC)[c]1cn2cnc(C(=O)C(C)(C)C)c2s1. The number of thiazole rings is 1. The van der Waals surface area contributed by atoms with E-state index in [9.17, 15) is 4.79 Å². The molecule has 2 aromatic heterocycles. The normalized spacial score (nSPS) is 12.8. The number of imidazole rings is 1. The summed E-state index contributed by atoms with van der Waals surface area (Å²) in [4.78, 5) is 18.4. The van der Waals surface area contributed by atoms with Gasteiger partial charge in [0, 0.05) is 0 Å². The van der Waals surface area contributed by atoms with Crippen LogP contribution in [0.4, 0.5) is 0 Å². The molecule has 0 aliphatic rings. The van der Waals surface area contributed by atoms with Gasteiger partial charge in [0.15, 0.2) is 0 Å². The first-order valence-electron chi connectivity index (χ1n) is 10.8. The van der Waals surface area contributed by atoms with Gasteiger partial charge >= 0.3 is 174 Å². The third-order valence-electron chi connectivity index (χ3n) is 5.66. The number of hydrogen-bond acceptors (Lipinski definition) is 3. The fourth-order valence-electron chi connectivity index (χ4n) is 3.85. The molecule has 0 aliphatic heterocycles. The van der Waals surface area contributed by atoms with E-state index in [-0.39, 0.29) is 11.2 Å². The molecule has 0 N–H and O–H groups in total. The van der Waals surface area contributed by atoms with Crippen molar-refractivity contribution in [1.29, 1.82) is 0 Å². The Balaban J connectivity index is 2.49. The van der Waals surface area contributed by atoms with Gasteiger partial charge in [-0.1, -0.05) is 0 Å². The average Bonchev–Trinajstić information content (AvgIpc) is 3.21. The Labute approximate surface area is 173 Å². The van der Waals surface area contributed by atoms with E-state index in [1.165, 1.54) is 51.8 Å². The molecule has 0 aromatic carbocycles. The summed E-state index contributed by atoms with van der Waals surface area (Å²) in [5.74, 6) is 0.162. The molecule has 0 amide bonds. The van der Waals surface area contributed by atoms with Crippen molar-refractivity contribution in [2.45, 2.75) is 93.4 Å². The Kier molecular flexibility index (Phi) is 8.41. The maximum absolute atomic E-state index is 12.9. The zero-order valence-electron chi connectivity index (χ0n) is 18.2. The van der Waals surface area contributed by atoms with Crippen LogP contribution in [0.15, 0.2) is 12.5 Å². The minimum atomic E-state index is -2.44. The number of carbonyl (C=O) groups excluding carboxylic acids is 1. The fraction of sp³-hybridized carbons (Fsp3) is 0.727. The number of nitrogens with zero attached hydrogens (tertiary/aromatic N) is 2. The number of ketones is 1. The molecule has 0 saturated heterocycles. The molecular weight excluding hydrogens is 459 g/mol. The molecule has 0 saturated carbocycles. The minimum absolute atomic E-state index is 0.162. The van der Waals surface area contributed by atoms with Gasteiger partial charge in [0.1, 0.15) is 0 Å². The van der Waals surface area contributed by atoms with Crippen molar-refractivity contribution in [3.63, 3.8) is 0 Å². The molecule has 0 radical (unpaired) electrons. The van der Waals surface area contributed by atoms with E-state index in [1.807, 2.05) is 38.4 Å². The van der Waals surface area contributed by atoms with Crippen LogP contribution in [0.3, 0.4) is 0 Å². The molecule has 0 aliphatic carbocycles. The number of rotatable bonds is 11. The van der Waals surface area contributed by atoms with Crippen LogP contribution >= 0.6 is 11.3 Å². The first kappa shape index (κ1) is 22.9. The van der Waals surface area contributed by atoms with E-state index in [1.54, 1.807) is 2.89 Å². The number of hydrogen-bond donors (Lipinski definition) is 0. The Bertz CT molecular complexity index is 719. The van der Waals surface area contributed by atoms with Gasteiger partial charge in [-0.15, -0.1) is 0 Å². The number of Topliss-reactive ketones (excluding diaryl/α,β-unsaturated/α-hetero) is 1. The molecule has 5 heteroatoms. The van der Waals surface area contributed by atoms with E-state index >= 15 is 0 Å². The Morgan fingerprint density at radius 2 is 1.56 bits per heavy atom. The number of fused-ring (bicyclic) bond motifs is 1. The van der Waals surface area contributed by atoms with Gasteiger partial charge < -0.3 is 0 Å². The molecule has 3 nitrogen and oxygen atoms in total. The number of aromatic nitrogens is 2. The zero-order valence-corrected chi connectivity index (χ0v) is 21.9. The second kappa shape index (κ2) is 9.91. The number of carbonyl (C=O) groups is 1. The number of unbranched alkanes of at least 4 members (excludes halogenated alkanes) is 3. The van der Waals surface area contributed by atoms with Crippen molar-refractivity contribution in [1.82, 2.24) is 9.38 Å². The molecule has 0 bridgehead atoms. The summed E-state index contributed by atoms with van der Waals surface area (Å²) >= 11 is -0.534. The standard InChI is InChI=1S/C10H11N2OS.3C4H9.Sn/c1-10(2,3)8(13)7-9-12(6-11-7)4-5-14-9;3*1-3-4-2;/h4,6H,1-3H3;3*1,3-4H2,2H3;. The van der Waals surface area contributed by atoms with Crippen LogP contribution in [0, 0.1) is 5.41 Å². The summed E-state index contributed by atoms with van der Waals surface area (Å²) in [6, 6.07) is 0. The molecule has 2 heterocycles. The predicted octanol–water partition coefficient (Wildman–Crippen LogP) is 6.68. The first-order chi connectivity index (χ1) is 12.8. The zero-order chi connectivity index (χ0) is 20.1. The monoisotopic (exact) mass is 498 g/mol. The van der Waals surface area contributed by atoms with E-state index in [4.69, 9.17) is 0 Å². The van der Waals surface area contributed by atoms with Crippen LogP contribution in [0.5, 0.6) is 0 Å². The van der Waals surface area contributed by atoms with Gasteiger partial charge in [0.2, 0.25) is 0 Å². The Morgan fingerprint density at radius 3 is 2.00 bits per heavy atom. The molecule has 0 atom stereocenters. The summed E-state index contributed by atoms with van der Waals surface area (Å²) in [6.07, 6.45) is 12.2. The quantitative estimate of drug-likeness (QED) is 0.256. The van der Waals surface area contributed by atoms with Crippen LogP contribution in [-0.2, 0) is 0 Å². The van der Waals surface area contributed by atoms with Gasteiger partial charge in [-0.3, -0.25) is 0 Å². The summed E-state index contributed by atoms with van der Waals surface area (Å²) in [5, 5.41) is 0. The van der Waals surface area contributed by atoms with E-state index in [0.717, 1.165) is 4.83 Å². The maximum atomic E-state index is 12.9. The van der Waals surface area contributed by atoms with Crippen molar-refractivity contribution < 1.29 is 4.79 Å². The average molecular weight is 497 g/mol. The third kappa shape index (κ3) is 5.37. The van der Waals surface area contributed by atoms with Crippen LogP contribution in [-0.4, -0.2) is 33.5 Å². The summed E-state index contributed by atoms with van der Waals surface area (Å²) in [5.41, 5.74) is 0.298. The Morgan fingerprint density at radius 1 is 1.04 bits per heavy atom. The summed E-state index contributed by atoms with van der Waals surface area (Å²) < 4.78 is 8.20. The van der Waals surface area contributed by atoms with Crippen molar-refractivity contribution in [2.24, 2.45) is 5.41 Å². The molecule has 27 heavy (non-hydrogen) atoms. The van der Waals surface area contributed by atoms with Gasteiger partial charge in [-0.05, 0) is 0 Å². The van der Waals surface area contributed by atoms with E-state index in [0.29, 0.717) is 5.69 Å². The summed E-state index contributed by atoms with van der Waals surface area (Å²) in [7, 11) is 0. The predicted molar refractivity (Wildman–Crippen MR) is 121 cm³/mol. The fourth-order valence-corrected chi connectivity index (χ4v) is 23.9. The van der Waals surface area contributed by atoms with Crippen molar-refractivity contribution in [3.8, 4) is 0 Å². The third-order valence-corrected chi connectivity index (χ3v) is 24.9.